The highest BCUT2D eigenvalue weighted by Crippen LogP contribution is 2.42. The van der Waals surface area contributed by atoms with E-state index < -0.39 is 17.6 Å². The molecule has 0 radical (unpaired) electrons. The van der Waals surface area contributed by atoms with Gasteiger partial charge in [-0.2, -0.15) is 13.2 Å². The predicted octanol–water partition coefficient (Wildman–Crippen LogP) is 6.79. The van der Waals surface area contributed by atoms with Crippen LogP contribution in [0.25, 0.3) is 16.8 Å². The van der Waals surface area contributed by atoms with E-state index in [1.54, 1.807) is 24.4 Å². The van der Waals surface area contributed by atoms with E-state index in [2.05, 4.69) is 29.1 Å². The molecule has 43 heavy (non-hydrogen) atoms. The van der Waals surface area contributed by atoms with Gasteiger partial charge in [-0.15, -0.1) is 0 Å². The molecular formula is C31H35F3N6O3. The van der Waals surface area contributed by atoms with Crippen LogP contribution in [-0.2, 0) is 11.0 Å². The zero-order chi connectivity index (χ0) is 31.3. The minimum absolute atomic E-state index is 0.193. The highest BCUT2D eigenvalue weighted by atomic mass is 19.4. The quantitative estimate of drug-likeness (QED) is 0.241. The van der Waals surface area contributed by atoms with Crippen LogP contribution in [0.1, 0.15) is 74.1 Å². The molecule has 3 N–H and O–H groups in total. The molecule has 1 aliphatic carbocycles. The molecule has 1 fully saturated rings. The Hall–Kier alpha value is -4.48. The highest BCUT2D eigenvalue weighted by Gasteiger charge is 2.32. The Bertz CT molecular complexity index is 1590. The van der Waals surface area contributed by atoms with Crippen molar-refractivity contribution in [3.05, 3.63) is 65.9 Å². The second-order valence-corrected chi connectivity index (χ2v) is 10.7. The summed E-state index contributed by atoms with van der Waals surface area (Å²) in [5.74, 6) is 2.30. The standard InChI is InChI=1S/C30H33F3N6O2.CH2O/c1-4-41-23-15-20(29(40)37-24-16-21(10-11-35-24)30(31,32)33)8-9-22(23)25-26-27(34)36-12-13-39(26)28(38-25)19-7-5-6-18(14-19)17(2)3;1-2/h8-13,15-19H,4-7,14H2,1-3H3,(H2,34,36)(H,35,37,40);1H2/t18?,19-;/m0./s1. The van der Waals surface area contributed by atoms with E-state index >= 15 is 0 Å². The van der Waals surface area contributed by atoms with Gasteiger partial charge in [-0.3, -0.25) is 9.20 Å². The Morgan fingerprint density at radius 2 is 1.93 bits per heavy atom. The third-order valence-electron chi connectivity index (χ3n) is 7.76. The maximum Gasteiger partial charge on any atom is 0.416 e. The van der Waals surface area contributed by atoms with Gasteiger partial charge in [-0.25, -0.2) is 15.0 Å². The van der Waals surface area contributed by atoms with E-state index in [0.717, 1.165) is 43.4 Å². The van der Waals surface area contributed by atoms with Crippen molar-refractivity contribution < 1.29 is 27.5 Å². The molecule has 2 atom stereocenters. The molecule has 1 unspecified atom stereocenters. The van der Waals surface area contributed by atoms with Crippen molar-refractivity contribution in [2.45, 2.75) is 58.5 Å². The van der Waals surface area contributed by atoms with Crippen molar-refractivity contribution in [2.24, 2.45) is 11.8 Å². The minimum atomic E-state index is -4.55. The van der Waals surface area contributed by atoms with E-state index in [-0.39, 0.29) is 17.3 Å². The van der Waals surface area contributed by atoms with Crippen LogP contribution in [0.5, 0.6) is 5.75 Å². The number of halogens is 3. The number of carbonyl (C=O) groups is 2. The maximum absolute atomic E-state index is 13.1. The first-order valence-electron chi connectivity index (χ1n) is 14.1. The lowest BCUT2D eigenvalue weighted by Crippen LogP contribution is -2.20. The summed E-state index contributed by atoms with van der Waals surface area (Å²) in [6.45, 7) is 8.67. The molecule has 12 heteroatoms. The van der Waals surface area contributed by atoms with Gasteiger partial charge in [-0.1, -0.05) is 26.7 Å². The summed E-state index contributed by atoms with van der Waals surface area (Å²) in [5.41, 5.74) is 7.58. The van der Waals surface area contributed by atoms with Crippen molar-refractivity contribution in [3.8, 4) is 17.0 Å². The lowest BCUT2D eigenvalue weighted by Gasteiger charge is -2.31. The normalized spacial score (nSPS) is 16.9. The number of benzene rings is 1. The number of ether oxygens (including phenoxy) is 1. The van der Waals surface area contributed by atoms with Crippen molar-refractivity contribution in [3.63, 3.8) is 0 Å². The van der Waals surface area contributed by atoms with Crippen molar-refractivity contribution in [2.75, 3.05) is 17.7 Å². The van der Waals surface area contributed by atoms with Crippen molar-refractivity contribution >= 4 is 29.8 Å². The lowest BCUT2D eigenvalue weighted by atomic mass is 9.76. The second-order valence-electron chi connectivity index (χ2n) is 10.7. The van der Waals surface area contributed by atoms with Crippen LogP contribution in [-0.4, -0.2) is 38.7 Å². The summed E-state index contributed by atoms with van der Waals surface area (Å²) in [4.78, 5) is 34.3. The fourth-order valence-electron chi connectivity index (χ4n) is 5.63. The number of nitrogen functional groups attached to an aromatic ring is 1. The topological polar surface area (TPSA) is 124 Å². The van der Waals surface area contributed by atoms with Crippen LogP contribution < -0.4 is 15.8 Å². The Kier molecular flexibility index (Phi) is 9.67. The van der Waals surface area contributed by atoms with E-state index in [0.29, 0.717) is 46.8 Å². The van der Waals surface area contributed by atoms with Gasteiger partial charge in [0.25, 0.3) is 5.91 Å². The molecule has 5 rings (SSSR count). The molecule has 4 aromatic rings. The third kappa shape index (κ3) is 6.79. The van der Waals surface area contributed by atoms with Gasteiger partial charge < -0.3 is 20.6 Å². The van der Waals surface area contributed by atoms with Gasteiger partial charge in [0.05, 0.1) is 12.2 Å². The molecule has 3 aromatic heterocycles. The fourth-order valence-corrected chi connectivity index (χ4v) is 5.63. The summed E-state index contributed by atoms with van der Waals surface area (Å²) in [6, 6.07) is 6.48. The average Bonchev–Trinajstić information content (AvgIpc) is 3.39. The molecule has 0 aliphatic heterocycles. The molecule has 0 bridgehead atoms. The van der Waals surface area contributed by atoms with Gasteiger partial charge in [-0.05, 0) is 61.9 Å². The number of fused-ring (bicyclic) bond motifs is 1. The third-order valence-corrected chi connectivity index (χ3v) is 7.76. The number of hydrogen-bond acceptors (Lipinski definition) is 7. The van der Waals surface area contributed by atoms with Crippen LogP contribution in [0.2, 0.25) is 0 Å². The lowest BCUT2D eigenvalue weighted by molar-refractivity contribution is -0.137. The van der Waals surface area contributed by atoms with Gasteiger partial charge >= 0.3 is 6.18 Å². The Balaban J connectivity index is 0.00000207. The zero-order valence-corrected chi connectivity index (χ0v) is 24.3. The maximum atomic E-state index is 13.1. The van der Waals surface area contributed by atoms with E-state index in [9.17, 15) is 18.0 Å². The SMILES string of the molecule is C=O.CCOc1cc(C(=O)Nc2cc(C(F)(F)F)ccn2)ccc1-c1nc([C@H]2CCCC(C(C)C)C2)n2ccnc(N)c12. The van der Waals surface area contributed by atoms with Crippen LogP contribution in [0, 0.1) is 11.8 Å². The number of amides is 1. The van der Waals surface area contributed by atoms with Crippen LogP contribution in [0.4, 0.5) is 24.8 Å². The number of hydrogen-bond donors (Lipinski definition) is 2. The van der Waals surface area contributed by atoms with E-state index in [1.165, 1.54) is 6.42 Å². The van der Waals surface area contributed by atoms with Gasteiger partial charge in [0.1, 0.15) is 41.2 Å². The van der Waals surface area contributed by atoms with Crippen LogP contribution in [0.3, 0.4) is 0 Å². The average molecular weight is 597 g/mol. The summed E-state index contributed by atoms with van der Waals surface area (Å²) >= 11 is 0. The first-order chi connectivity index (χ1) is 20.6. The van der Waals surface area contributed by atoms with Gasteiger partial charge in [0, 0.05) is 35.6 Å². The molecule has 3 heterocycles. The number of nitrogens with two attached hydrogens (primary N) is 1. The smallest absolute Gasteiger partial charge is 0.416 e. The molecule has 9 nitrogen and oxygen atoms in total. The summed E-state index contributed by atoms with van der Waals surface area (Å²) in [7, 11) is 0. The Morgan fingerprint density at radius 3 is 2.63 bits per heavy atom. The Morgan fingerprint density at radius 1 is 1.16 bits per heavy atom. The number of aromatic nitrogens is 4. The van der Waals surface area contributed by atoms with Gasteiger partial charge in [0.15, 0.2) is 0 Å². The number of nitrogens with one attached hydrogen (secondary N) is 1. The van der Waals surface area contributed by atoms with Crippen molar-refractivity contribution in [1.29, 1.82) is 0 Å². The van der Waals surface area contributed by atoms with Crippen LogP contribution >= 0.6 is 0 Å². The van der Waals surface area contributed by atoms with E-state index in [4.69, 9.17) is 20.2 Å². The highest BCUT2D eigenvalue weighted by molar-refractivity contribution is 6.04. The largest absolute Gasteiger partial charge is 0.493 e. The molecule has 228 valence electrons. The monoisotopic (exact) mass is 596 g/mol. The predicted molar refractivity (Wildman–Crippen MR) is 158 cm³/mol. The first kappa shape index (κ1) is 31.5. The van der Waals surface area contributed by atoms with E-state index in [1.807, 2.05) is 24.3 Å². The zero-order valence-electron chi connectivity index (χ0n) is 24.3. The number of carbonyl (C=O) groups excluding carboxylic acids is 2. The van der Waals surface area contributed by atoms with Crippen LogP contribution in [0.15, 0.2) is 48.9 Å². The van der Waals surface area contributed by atoms with Gasteiger partial charge in [0.2, 0.25) is 0 Å². The fraction of sp³-hybridized carbons (Fsp3) is 0.387. The molecular weight excluding hydrogens is 561 g/mol. The number of anilines is 2. The molecule has 1 saturated carbocycles. The number of imidazole rings is 1. The molecule has 1 aliphatic rings. The number of rotatable bonds is 7. The Labute approximate surface area is 247 Å². The summed E-state index contributed by atoms with van der Waals surface area (Å²) in [6.07, 6.45) is 4.41. The minimum Gasteiger partial charge on any atom is -0.493 e. The first-order valence-corrected chi connectivity index (χ1v) is 14.1. The summed E-state index contributed by atoms with van der Waals surface area (Å²) in [5, 5.41) is 2.44. The number of alkyl halides is 3. The summed E-state index contributed by atoms with van der Waals surface area (Å²) < 4.78 is 47.3. The molecule has 1 aromatic carbocycles. The number of nitrogens with zero attached hydrogens (tertiary/aromatic N) is 4. The molecule has 1 amide bonds. The molecule has 0 saturated heterocycles. The molecule has 0 spiro atoms. The van der Waals surface area contributed by atoms with Crippen molar-refractivity contribution in [1.82, 2.24) is 19.4 Å². The number of pyridine rings is 1. The second kappa shape index (κ2) is 13.2.